The summed E-state index contributed by atoms with van der Waals surface area (Å²) < 4.78 is 31.8. The lowest BCUT2D eigenvalue weighted by Crippen LogP contribution is -2.47. The Labute approximate surface area is 111 Å². The predicted octanol–water partition coefficient (Wildman–Crippen LogP) is 0.209. The summed E-state index contributed by atoms with van der Waals surface area (Å²) in [5.41, 5.74) is 0. The number of carboxylic acid groups (broad SMARTS) is 1. The summed E-state index contributed by atoms with van der Waals surface area (Å²) in [7, 11) is -4.11. The molecule has 9 heteroatoms. The monoisotopic (exact) mass is 294 g/mol. The van der Waals surface area contributed by atoms with Crippen molar-refractivity contribution in [2.75, 3.05) is 0 Å². The summed E-state index contributed by atoms with van der Waals surface area (Å²) in [5, 5.41) is 8.71. The van der Waals surface area contributed by atoms with E-state index in [0.29, 0.717) is 0 Å². The van der Waals surface area contributed by atoms with E-state index in [0.717, 1.165) is 12.8 Å². The van der Waals surface area contributed by atoms with Gasteiger partial charge in [0, 0.05) is 6.04 Å². The molecule has 0 aromatic heterocycles. The minimum Gasteiger partial charge on any atom is -0.481 e. The van der Waals surface area contributed by atoms with Crippen LogP contribution in [0.25, 0.3) is 0 Å². The third-order valence-corrected chi connectivity index (χ3v) is 3.50. The molecule has 0 aromatic carbocycles. The first-order valence-corrected chi connectivity index (χ1v) is 7.40. The smallest absolute Gasteiger partial charge is 0.422 e. The Balaban J connectivity index is 2.56. The van der Waals surface area contributed by atoms with Crippen molar-refractivity contribution >= 4 is 22.3 Å². The van der Waals surface area contributed by atoms with Crippen LogP contribution in [0.3, 0.4) is 0 Å². The van der Waals surface area contributed by atoms with Crippen molar-refractivity contribution < 1.29 is 27.9 Å². The molecular weight excluding hydrogens is 276 g/mol. The lowest BCUT2D eigenvalue weighted by Gasteiger charge is -2.17. The second-order valence-corrected chi connectivity index (χ2v) is 6.17. The van der Waals surface area contributed by atoms with E-state index < -0.39 is 34.4 Å². The highest BCUT2D eigenvalue weighted by Crippen LogP contribution is 2.34. The minimum absolute atomic E-state index is 0.00814. The zero-order valence-corrected chi connectivity index (χ0v) is 11.6. The molecule has 0 aliphatic heterocycles. The maximum Gasteiger partial charge on any atom is 0.422 e. The molecular formula is C10H18N2O6S. The summed E-state index contributed by atoms with van der Waals surface area (Å²) in [5.74, 6) is -1.09. The maximum atomic E-state index is 11.6. The van der Waals surface area contributed by atoms with Crippen LogP contribution in [0.15, 0.2) is 0 Å². The van der Waals surface area contributed by atoms with Gasteiger partial charge in [0.2, 0.25) is 0 Å². The zero-order chi connectivity index (χ0) is 14.6. The molecule has 8 nitrogen and oxygen atoms in total. The molecule has 0 aromatic rings. The van der Waals surface area contributed by atoms with Gasteiger partial charge in [-0.2, -0.15) is 13.1 Å². The number of nitrogens with one attached hydrogen (secondary N) is 2. The number of amides is 1. The van der Waals surface area contributed by atoms with Gasteiger partial charge in [-0.3, -0.25) is 4.79 Å². The number of carbonyl (C=O) groups is 2. The Hall–Kier alpha value is -1.35. The average Bonchev–Trinajstić information content (AvgIpc) is 2.94. The Kier molecular flexibility index (Phi) is 5.12. The second kappa shape index (κ2) is 6.20. The lowest BCUT2D eigenvalue weighted by atomic mass is 10.1. The molecule has 0 saturated heterocycles. The minimum atomic E-state index is -4.11. The molecule has 110 valence electrons. The molecule has 1 aliphatic carbocycles. The van der Waals surface area contributed by atoms with Crippen LogP contribution in [0.2, 0.25) is 0 Å². The van der Waals surface area contributed by atoms with E-state index >= 15 is 0 Å². The third kappa shape index (κ3) is 6.39. The van der Waals surface area contributed by atoms with Gasteiger partial charge < -0.3 is 9.84 Å². The highest BCUT2D eigenvalue weighted by atomic mass is 32.2. The Morgan fingerprint density at radius 1 is 1.37 bits per heavy atom. The number of rotatable bonds is 7. The highest BCUT2D eigenvalue weighted by molar-refractivity contribution is 7.88. The first-order chi connectivity index (χ1) is 8.69. The first kappa shape index (κ1) is 15.7. The van der Waals surface area contributed by atoms with Crippen LogP contribution in [-0.4, -0.2) is 37.7 Å². The number of hydrogen-bond acceptors (Lipinski definition) is 5. The van der Waals surface area contributed by atoms with Gasteiger partial charge in [0.15, 0.2) is 0 Å². The molecule has 1 amide bonds. The van der Waals surface area contributed by atoms with Crippen molar-refractivity contribution in [3.05, 3.63) is 0 Å². The molecule has 19 heavy (non-hydrogen) atoms. The van der Waals surface area contributed by atoms with E-state index in [1.807, 2.05) is 0 Å². The summed E-state index contributed by atoms with van der Waals surface area (Å²) >= 11 is 0. The summed E-state index contributed by atoms with van der Waals surface area (Å²) in [6.45, 7) is 3.16. The van der Waals surface area contributed by atoms with Crippen molar-refractivity contribution in [3.63, 3.8) is 0 Å². The van der Waals surface area contributed by atoms with Crippen molar-refractivity contribution in [1.82, 2.24) is 9.44 Å². The van der Waals surface area contributed by atoms with Crippen LogP contribution in [0.5, 0.6) is 0 Å². The van der Waals surface area contributed by atoms with Gasteiger partial charge in [0.05, 0.1) is 12.5 Å². The number of hydrogen-bond donors (Lipinski definition) is 3. The van der Waals surface area contributed by atoms with Gasteiger partial charge in [-0.15, -0.1) is 0 Å². The zero-order valence-electron chi connectivity index (χ0n) is 10.8. The quantitative estimate of drug-likeness (QED) is 0.617. The molecule has 1 unspecified atom stereocenters. The Morgan fingerprint density at radius 2 is 1.95 bits per heavy atom. The standard InChI is InChI=1S/C10H18N2O6S/c1-6(2)18-10(15)12-19(16,17)11-8(5-9(13)14)7-3-4-7/h6-8,11H,3-5H2,1-2H3,(H,12,15)(H,13,14). The largest absolute Gasteiger partial charge is 0.481 e. The summed E-state index contributed by atoms with van der Waals surface area (Å²) in [6, 6.07) is -0.707. The fourth-order valence-corrected chi connectivity index (χ4v) is 2.57. The van der Waals surface area contributed by atoms with Crippen molar-refractivity contribution in [3.8, 4) is 0 Å². The van der Waals surface area contributed by atoms with Gasteiger partial charge >= 0.3 is 22.3 Å². The van der Waals surface area contributed by atoms with Crippen LogP contribution in [0.4, 0.5) is 4.79 Å². The van der Waals surface area contributed by atoms with E-state index in [2.05, 4.69) is 9.46 Å². The summed E-state index contributed by atoms with van der Waals surface area (Å²) in [6.07, 6.45) is -0.306. The number of carbonyl (C=O) groups excluding carboxylic acids is 1. The van der Waals surface area contributed by atoms with Gasteiger partial charge in [-0.05, 0) is 32.6 Å². The molecule has 3 N–H and O–H groups in total. The molecule has 1 saturated carbocycles. The SMILES string of the molecule is CC(C)OC(=O)NS(=O)(=O)NC(CC(=O)O)C1CC1. The van der Waals surface area contributed by atoms with E-state index in [4.69, 9.17) is 5.11 Å². The topological polar surface area (TPSA) is 122 Å². The second-order valence-electron chi connectivity index (χ2n) is 4.72. The molecule has 0 bridgehead atoms. The normalized spacial score (nSPS) is 17.0. The van der Waals surface area contributed by atoms with Gasteiger partial charge in [-0.1, -0.05) is 0 Å². The van der Waals surface area contributed by atoms with Crippen molar-refractivity contribution in [2.24, 2.45) is 5.92 Å². The molecule has 0 radical (unpaired) electrons. The van der Waals surface area contributed by atoms with Gasteiger partial charge in [-0.25, -0.2) is 9.52 Å². The van der Waals surface area contributed by atoms with Gasteiger partial charge in [0.25, 0.3) is 0 Å². The molecule has 1 aliphatic rings. The van der Waals surface area contributed by atoms with Crippen LogP contribution < -0.4 is 9.44 Å². The molecule has 0 heterocycles. The summed E-state index contributed by atoms with van der Waals surface area (Å²) in [4.78, 5) is 21.8. The van der Waals surface area contributed by atoms with E-state index in [1.54, 1.807) is 18.6 Å². The number of aliphatic carboxylic acids is 1. The van der Waals surface area contributed by atoms with E-state index in [1.165, 1.54) is 0 Å². The molecule has 1 fully saturated rings. The Bertz CT molecular complexity index is 443. The van der Waals surface area contributed by atoms with Crippen molar-refractivity contribution in [2.45, 2.75) is 45.3 Å². The van der Waals surface area contributed by atoms with Crippen LogP contribution >= 0.6 is 0 Å². The highest BCUT2D eigenvalue weighted by Gasteiger charge is 2.35. The van der Waals surface area contributed by atoms with Crippen molar-refractivity contribution in [1.29, 1.82) is 0 Å². The third-order valence-electron chi connectivity index (χ3n) is 2.45. The number of carboxylic acids is 1. The van der Waals surface area contributed by atoms with Gasteiger partial charge in [0.1, 0.15) is 0 Å². The average molecular weight is 294 g/mol. The number of ether oxygens (including phenoxy) is 1. The van der Waals surface area contributed by atoms with Crippen LogP contribution in [0.1, 0.15) is 33.1 Å². The fourth-order valence-electron chi connectivity index (χ4n) is 1.57. The molecule has 0 spiro atoms. The molecule has 1 atom stereocenters. The lowest BCUT2D eigenvalue weighted by molar-refractivity contribution is -0.137. The maximum absolute atomic E-state index is 11.6. The molecule has 1 rings (SSSR count). The van der Waals surface area contributed by atoms with E-state index in [-0.39, 0.29) is 12.3 Å². The van der Waals surface area contributed by atoms with E-state index in [9.17, 15) is 18.0 Å². The Morgan fingerprint density at radius 3 is 2.37 bits per heavy atom. The van der Waals surface area contributed by atoms with Crippen LogP contribution in [-0.2, 0) is 19.7 Å². The van der Waals surface area contributed by atoms with Crippen LogP contribution in [0, 0.1) is 5.92 Å². The predicted molar refractivity (Wildman–Crippen MR) is 65.6 cm³/mol. The fraction of sp³-hybridized carbons (Fsp3) is 0.800. The first-order valence-electron chi connectivity index (χ1n) is 5.92.